The Morgan fingerprint density at radius 2 is 1.93 bits per heavy atom. The van der Waals surface area contributed by atoms with Crippen LogP contribution in [0.1, 0.15) is 31.2 Å². The summed E-state index contributed by atoms with van der Waals surface area (Å²) in [7, 11) is 0. The Bertz CT molecular complexity index is 341. The van der Waals surface area contributed by atoms with Crippen molar-refractivity contribution >= 4 is 5.69 Å². The molecule has 0 saturated heterocycles. The molecule has 2 heteroatoms. The maximum atomic E-state index is 4.20. The number of nitrogens with zero attached hydrogens (tertiary/aromatic N) is 1. The minimum Gasteiger partial charge on any atom is -0.380 e. The summed E-state index contributed by atoms with van der Waals surface area (Å²) in [6.07, 6.45) is 9.53. The lowest BCUT2D eigenvalue weighted by molar-refractivity contribution is 0.567. The summed E-state index contributed by atoms with van der Waals surface area (Å²) >= 11 is 0. The van der Waals surface area contributed by atoms with Crippen LogP contribution in [0.4, 0.5) is 5.69 Å². The van der Waals surface area contributed by atoms with Crippen LogP contribution in [0.2, 0.25) is 0 Å². The van der Waals surface area contributed by atoms with E-state index in [2.05, 4.69) is 23.3 Å². The zero-order valence-electron chi connectivity index (χ0n) is 9.24. The number of nitrogens with one attached hydrogen (secondary N) is 1. The van der Waals surface area contributed by atoms with Gasteiger partial charge in [-0.2, -0.15) is 0 Å². The number of hydrogen-bond donors (Lipinski definition) is 1. The van der Waals surface area contributed by atoms with Crippen LogP contribution < -0.4 is 5.32 Å². The monoisotopic (exact) mass is 202 g/mol. The lowest BCUT2D eigenvalue weighted by Gasteiger charge is -2.20. The van der Waals surface area contributed by atoms with E-state index in [1.807, 2.05) is 12.4 Å². The summed E-state index contributed by atoms with van der Waals surface area (Å²) in [5, 5.41) is 3.71. The number of aromatic nitrogens is 1. The predicted molar refractivity (Wildman–Crippen MR) is 61.8 cm³/mol. The summed E-state index contributed by atoms with van der Waals surface area (Å²) in [5.74, 6) is 1.88. The summed E-state index contributed by atoms with van der Waals surface area (Å²) in [6, 6.07) is 2.81. The summed E-state index contributed by atoms with van der Waals surface area (Å²) in [5.41, 5.74) is 2.55. The zero-order valence-corrected chi connectivity index (χ0v) is 9.24. The molecule has 80 valence electrons. The fourth-order valence-corrected chi connectivity index (χ4v) is 2.33. The minimum atomic E-state index is 0.730. The molecule has 1 aromatic heterocycles. The molecule has 3 rings (SSSR count). The lowest BCUT2D eigenvalue weighted by Crippen LogP contribution is -2.24. The Balaban J connectivity index is 1.74. The van der Waals surface area contributed by atoms with Crippen molar-refractivity contribution in [3.8, 4) is 0 Å². The maximum absolute atomic E-state index is 4.20. The van der Waals surface area contributed by atoms with Gasteiger partial charge in [0.15, 0.2) is 0 Å². The van der Waals surface area contributed by atoms with E-state index >= 15 is 0 Å². The van der Waals surface area contributed by atoms with Crippen LogP contribution in [-0.2, 0) is 0 Å². The third-order valence-corrected chi connectivity index (χ3v) is 3.62. The second-order valence-corrected chi connectivity index (χ2v) is 5.04. The molecule has 1 heterocycles. The van der Waals surface area contributed by atoms with Gasteiger partial charge in [0.1, 0.15) is 0 Å². The standard InChI is InChI=1S/C13H18N2/c1-9-6-7-14-8-12(9)15-13(10-2-3-10)11-4-5-11/h6-8,10-11,13,15H,2-5H2,1H3. The molecule has 0 unspecified atom stereocenters. The van der Waals surface area contributed by atoms with Crippen LogP contribution in [0, 0.1) is 18.8 Å². The van der Waals surface area contributed by atoms with Crippen LogP contribution in [0.3, 0.4) is 0 Å². The van der Waals surface area contributed by atoms with E-state index in [1.54, 1.807) is 0 Å². The number of hydrogen-bond acceptors (Lipinski definition) is 2. The van der Waals surface area contributed by atoms with Gasteiger partial charge in [-0.25, -0.2) is 0 Å². The molecule has 2 aliphatic rings. The topological polar surface area (TPSA) is 24.9 Å². The molecule has 0 aliphatic heterocycles. The van der Waals surface area contributed by atoms with Crippen molar-refractivity contribution in [1.29, 1.82) is 0 Å². The molecule has 0 spiro atoms. The highest BCUT2D eigenvalue weighted by Crippen LogP contribution is 2.45. The van der Waals surface area contributed by atoms with Crippen LogP contribution in [0.25, 0.3) is 0 Å². The molecule has 0 amide bonds. The first-order valence-corrected chi connectivity index (χ1v) is 6.02. The van der Waals surface area contributed by atoms with Gasteiger partial charge in [0.25, 0.3) is 0 Å². The van der Waals surface area contributed by atoms with E-state index in [-0.39, 0.29) is 0 Å². The van der Waals surface area contributed by atoms with Gasteiger partial charge in [-0.3, -0.25) is 4.98 Å². The summed E-state index contributed by atoms with van der Waals surface area (Å²) in [6.45, 7) is 2.15. The fraction of sp³-hybridized carbons (Fsp3) is 0.615. The second-order valence-electron chi connectivity index (χ2n) is 5.04. The van der Waals surface area contributed by atoms with Crippen molar-refractivity contribution in [2.24, 2.45) is 11.8 Å². The first-order valence-electron chi connectivity index (χ1n) is 6.02. The van der Waals surface area contributed by atoms with Gasteiger partial charge in [0.2, 0.25) is 0 Å². The van der Waals surface area contributed by atoms with Gasteiger partial charge in [-0.1, -0.05) is 0 Å². The molecule has 0 bridgehead atoms. The van der Waals surface area contributed by atoms with Gasteiger partial charge < -0.3 is 5.32 Å². The Labute approximate surface area is 91.1 Å². The van der Waals surface area contributed by atoms with Gasteiger partial charge in [0, 0.05) is 12.2 Å². The molecular formula is C13H18N2. The van der Waals surface area contributed by atoms with Gasteiger partial charge in [-0.15, -0.1) is 0 Å². The average Bonchev–Trinajstić information content (AvgIpc) is 3.10. The second kappa shape index (κ2) is 3.51. The molecule has 2 fully saturated rings. The smallest absolute Gasteiger partial charge is 0.0558 e. The third-order valence-electron chi connectivity index (χ3n) is 3.62. The summed E-state index contributed by atoms with van der Waals surface area (Å²) in [4.78, 5) is 4.20. The van der Waals surface area contributed by atoms with Crippen LogP contribution in [-0.4, -0.2) is 11.0 Å². The molecule has 0 radical (unpaired) electrons. The van der Waals surface area contributed by atoms with Crippen molar-refractivity contribution in [2.75, 3.05) is 5.32 Å². The Morgan fingerprint density at radius 1 is 1.27 bits per heavy atom. The number of aryl methyl sites for hydroxylation is 1. The normalized spacial score (nSPS) is 20.7. The molecule has 0 atom stereocenters. The lowest BCUT2D eigenvalue weighted by atomic mass is 10.1. The number of anilines is 1. The summed E-state index contributed by atoms with van der Waals surface area (Å²) < 4.78 is 0. The number of pyridine rings is 1. The molecule has 2 aliphatic carbocycles. The predicted octanol–water partition coefficient (Wildman–Crippen LogP) is 2.99. The largest absolute Gasteiger partial charge is 0.380 e. The van der Waals surface area contributed by atoms with E-state index < -0.39 is 0 Å². The molecule has 1 aromatic rings. The first kappa shape index (κ1) is 9.20. The van der Waals surface area contributed by atoms with E-state index in [0.29, 0.717) is 0 Å². The average molecular weight is 202 g/mol. The van der Waals surface area contributed by atoms with Gasteiger partial charge in [-0.05, 0) is 56.1 Å². The molecular weight excluding hydrogens is 184 g/mol. The minimum absolute atomic E-state index is 0.730. The number of rotatable bonds is 4. The van der Waals surface area contributed by atoms with Crippen molar-refractivity contribution < 1.29 is 0 Å². The SMILES string of the molecule is Cc1ccncc1NC(C1CC1)C1CC1. The van der Waals surface area contributed by atoms with E-state index in [9.17, 15) is 0 Å². The highest BCUT2D eigenvalue weighted by atomic mass is 15.0. The van der Waals surface area contributed by atoms with Crippen molar-refractivity contribution in [2.45, 2.75) is 38.6 Å². The molecule has 0 aromatic carbocycles. The Hall–Kier alpha value is -1.05. The Kier molecular flexibility index (Phi) is 2.15. The van der Waals surface area contributed by atoms with Crippen molar-refractivity contribution in [1.82, 2.24) is 4.98 Å². The molecule has 1 N–H and O–H groups in total. The van der Waals surface area contributed by atoms with E-state index in [1.165, 1.54) is 36.9 Å². The van der Waals surface area contributed by atoms with E-state index in [0.717, 1.165) is 17.9 Å². The van der Waals surface area contributed by atoms with Crippen molar-refractivity contribution in [3.05, 3.63) is 24.0 Å². The third kappa shape index (κ3) is 1.99. The van der Waals surface area contributed by atoms with Gasteiger partial charge >= 0.3 is 0 Å². The van der Waals surface area contributed by atoms with Crippen molar-refractivity contribution in [3.63, 3.8) is 0 Å². The first-order chi connectivity index (χ1) is 7.34. The molecule has 2 saturated carbocycles. The Morgan fingerprint density at radius 3 is 2.47 bits per heavy atom. The van der Waals surface area contributed by atoms with Gasteiger partial charge in [0.05, 0.1) is 11.9 Å². The van der Waals surface area contributed by atoms with Crippen LogP contribution in [0.5, 0.6) is 0 Å². The van der Waals surface area contributed by atoms with Crippen LogP contribution >= 0.6 is 0 Å². The maximum Gasteiger partial charge on any atom is 0.0558 e. The fourth-order valence-electron chi connectivity index (χ4n) is 2.33. The molecule has 2 nitrogen and oxygen atoms in total. The zero-order chi connectivity index (χ0) is 10.3. The highest BCUT2D eigenvalue weighted by Gasteiger charge is 2.41. The van der Waals surface area contributed by atoms with E-state index in [4.69, 9.17) is 0 Å². The molecule has 15 heavy (non-hydrogen) atoms. The quantitative estimate of drug-likeness (QED) is 0.812. The highest BCUT2D eigenvalue weighted by molar-refractivity contribution is 5.49. The van der Waals surface area contributed by atoms with Crippen LogP contribution in [0.15, 0.2) is 18.5 Å².